The van der Waals surface area contributed by atoms with Gasteiger partial charge < -0.3 is 15.2 Å². The molecule has 2 heterocycles. The van der Waals surface area contributed by atoms with Gasteiger partial charge in [-0.05, 0) is 27.6 Å². The number of rotatable bonds is 4. The molecule has 2 aromatic heterocycles. The number of aliphatic hydroxyl groups is 1. The minimum atomic E-state index is -0.876. The first-order valence-electron chi connectivity index (χ1n) is 4.91. The Bertz CT molecular complexity index is 511. The zero-order valence-electron chi connectivity index (χ0n) is 8.80. The molecule has 2 aromatic rings. The van der Waals surface area contributed by atoms with E-state index in [1.165, 1.54) is 17.1 Å². The van der Waals surface area contributed by atoms with E-state index in [9.17, 15) is 15.2 Å². The number of aromatic nitrogens is 3. The Morgan fingerprint density at radius 3 is 2.76 bits per heavy atom. The van der Waals surface area contributed by atoms with E-state index in [1.807, 2.05) is 0 Å². The predicted octanol–water partition coefficient (Wildman–Crippen LogP) is 0.920. The van der Waals surface area contributed by atoms with E-state index in [2.05, 4.69) is 9.97 Å². The lowest BCUT2D eigenvalue weighted by Gasteiger charge is -2.09. The zero-order valence-corrected chi connectivity index (χ0v) is 8.80. The van der Waals surface area contributed by atoms with Gasteiger partial charge in [0.25, 0.3) is 0 Å². The molecule has 0 spiro atoms. The second-order valence-corrected chi connectivity index (χ2v) is 3.48. The van der Waals surface area contributed by atoms with E-state index >= 15 is 0 Å². The molecule has 7 nitrogen and oxygen atoms in total. The number of nitrogens with zero attached hydrogens (tertiary/aromatic N) is 4. The van der Waals surface area contributed by atoms with Crippen LogP contribution in [0, 0.1) is 10.1 Å². The molecule has 0 aliphatic carbocycles. The van der Waals surface area contributed by atoms with Crippen molar-refractivity contribution >= 4 is 5.82 Å². The Morgan fingerprint density at radius 1 is 1.47 bits per heavy atom. The number of nitro groups is 1. The molecule has 7 heteroatoms. The van der Waals surface area contributed by atoms with Gasteiger partial charge >= 0.3 is 5.82 Å². The number of aliphatic hydroxyl groups excluding tert-OH is 1. The van der Waals surface area contributed by atoms with E-state index in [0.29, 0.717) is 6.42 Å². The van der Waals surface area contributed by atoms with Crippen molar-refractivity contribution in [2.75, 3.05) is 0 Å². The third-order valence-corrected chi connectivity index (χ3v) is 2.29. The summed E-state index contributed by atoms with van der Waals surface area (Å²) in [5.41, 5.74) is 0.892. The first-order chi connectivity index (χ1) is 8.16. The Kier molecular flexibility index (Phi) is 3.10. The van der Waals surface area contributed by atoms with Crippen molar-refractivity contribution in [1.82, 2.24) is 14.5 Å². The molecule has 0 aromatic carbocycles. The van der Waals surface area contributed by atoms with Crippen LogP contribution in [0.4, 0.5) is 5.82 Å². The molecular formula is C10H10N4O3. The van der Waals surface area contributed by atoms with Crippen molar-refractivity contribution < 1.29 is 10.0 Å². The molecule has 0 aliphatic heterocycles. The van der Waals surface area contributed by atoms with Crippen LogP contribution in [0.1, 0.15) is 11.8 Å². The quantitative estimate of drug-likeness (QED) is 0.627. The number of imidazole rings is 1. The van der Waals surface area contributed by atoms with Gasteiger partial charge in [-0.25, -0.2) is 0 Å². The van der Waals surface area contributed by atoms with Gasteiger partial charge in [0.15, 0.2) is 0 Å². The number of hydrogen-bond donors (Lipinski definition) is 1. The number of hydrogen-bond acceptors (Lipinski definition) is 5. The first kappa shape index (κ1) is 11.2. The van der Waals surface area contributed by atoms with Crippen LogP contribution in [0.2, 0.25) is 0 Å². The lowest BCUT2D eigenvalue weighted by Crippen LogP contribution is -2.09. The molecule has 0 fully saturated rings. The molecule has 0 bridgehead atoms. The highest BCUT2D eigenvalue weighted by Gasteiger charge is 2.15. The van der Waals surface area contributed by atoms with E-state index < -0.39 is 11.2 Å². The van der Waals surface area contributed by atoms with Gasteiger partial charge in [0.2, 0.25) is 6.33 Å². The van der Waals surface area contributed by atoms with Gasteiger partial charge in [0, 0.05) is 18.8 Å². The van der Waals surface area contributed by atoms with Crippen LogP contribution in [-0.2, 0) is 6.42 Å². The lowest BCUT2D eigenvalue weighted by molar-refractivity contribution is -0.389. The van der Waals surface area contributed by atoms with E-state index in [1.54, 1.807) is 24.5 Å². The highest BCUT2D eigenvalue weighted by molar-refractivity contribution is 5.14. The summed E-state index contributed by atoms with van der Waals surface area (Å²) < 4.78 is 1.30. The maximum atomic E-state index is 10.4. The normalized spacial score (nSPS) is 12.3. The molecule has 0 amide bonds. The fourth-order valence-electron chi connectivity index (χ4n) is 1.42. The first-order valence-corrected chi connectivity index (χ1v) is 4.91. The van der Waals surface area contributed by atoms with Gasteiger partial charge in [0.1, 0.15) is 12.4 Å². The molecule has 1 atom stereocenters. The average Bonchev–Trinajstić information content (AvgIpc) is 2.79. The molecule has 0 aliphatic rings. The minimum absolute atomic E-state index is 0.279. The smallest absolute Gasteiger partial charge is 0.373 e. The molecule has 17 heavy (non-hydrogen) atoms. The third kappa shape index (κ3) is 2.64. The SMILES string of the molecule is O=[N+]([O-])c1cn([C@@H](O)Cc2ccncc2)cn1. The lowest BCUT2D eigenvalue weighted by atomic mass is 10.2. The fraction of sp³-hybridized carbons (Fsp3) is 0.200. The van der Waals surface area contributed by atoms with Gasteiger partial charge in [-0.15, -0.1) is 0 Å². The van der Waals surface area contributed by atoms with Crippen LogP contribution in [0.15, 0.2) is 37.1 Å². The largest absolute Gasteiger partial charge is 0.381 e. The molecule has 0 saturated heterocycles. The highest BCUT2D eigenvalue weighted by atomic mass is 16.6. The van der Waals surface area contributed by atoms with Crippen molar-refractivity contribution in [1.29, 1.82) is 0 Å². The van der Waals surface area contributed by atoms with Crippen LogP contribution in [0.25, 0.3) is 0 Å². The molecule has 88 valence electrons. The molecule has 2 rings (SSSR count). The summed E-state index contributed by atoms with van der Waals surface area (Å²) in [6, 6.07) is 3.54. The summed E-state index contributed by atoms with van der Waals surface area (Å²) in [5, 5.41) is 20.3. The summed E-state index contributed by atoms with van der Waals surface area (Å²) in [5.74, 6) is -0.279. The van der Waals surface area contributed by atoms with Gasteiger partial charge in [-0.1, -0.05) is 0 Å². The van der Waals surface area contributed by atoms with Crippen molar-refractivity contribution in [2.24, 2.45) is 0 Å². The van der Waals surface area contributed by atoms with Crippen molar-refractivity contribution in [3.8, 4) is 0 Å². The monoisotopic (exact) mass is 234 g/mol. The summed E-state index contributed by atoms with van der Waals surface area (Å²) in [7, 11) is 0. The second kappa shape index (κ2) is 4.71. The average molecular weight is 234 g/mol. The maximum absolute atomic E-state index is 10.4. The van der Waals surface area contributed by atoms with Crippen LogP contribution in [-0.4, -0.2) is 24.6 Å². The van der Waals surface area contributed by atoms with E-state index in [4.69, 9.17) is 0 Å². The standard InChI is InChI=1S/C10H10N4O3/c15-10(5-8-1-3-11-4-2-8)13-6-9(12-7-13)14(16)17/h1-4,6-7,10,15H,5H2/t10-/m0/s1. The Hall–Kier alpha value is -2.28. The van der Waals surface area contributed by atoms with E-state index in [-0.39, 0.29) is 5.82 Å². The van der Waals surface area contributed by atoms with Crippen molar-refractivity contribution in [3.63, 3.8) is 0 Å². The maximum Gasteiger partial charge on any atom is 0.381 e. The van der Waals surface area contributed by atoms with E-state index in [0.717, 1.165) is 5.56 Å². The van der Waals surface area contributed by atoms with Gasteiger partial charge in [0.05, 0.1) is 0 Å². The number of pyridine rings is 1. The van der Waals surface area contributed by atoms with Gasteiger partial charge in [-0.3, -0.25) is 9.55 Å². The molecule has 0 radical (unpaired) electrons. The second-order valence-electron chi connectivity index (χ2n) is 3.48. The Labute approximate surface area is 96.5 Å². The van der Waals surface area contributed by atoms with Crippen LogP contribution in [0.3, 0.4) is 0 Å². The predicted molar refractivity (Wildman–Crippen MR) is 58.1 cm³/mol. The Morgan fingerprint density at radius 2 is 2.18 bits per heavy atom. The molecule has 1 N–H and O–H groups in total. The Balaban J connectivity index is 2.09. The highest BCUT2D eigenvalue weighted by Crippen LogP contribution is 2.14. The van der Waals surface area contributed by atoms with Crippen LogP contribution in [0.5, 0.6) is 0 Å². The summed E-state index contributed by atoms with van der Waals surface area (Å²) in [4.78, 5) is 17.3. The third-order valence-electron chi connectivity index (χ3n) is 2.29. The summed E-state index contributed by atoms with van der Waals surface area (Å²) in [6.07, 6.45) is 5.15. The summed E-state index contributed by atoms with van der Waals surface area (Å²) >= 11 is 0. The van der Waals surface area contributed by atoms with Crippen molar-refractivity contribution in [3.05, 3.63) is 52.7 Å². The summed E-state index contributed by atoms with van der Waals surface area (Å²) in [6.45, 7) is 0. The molecular weight excluding hydrogens is 224 g/mol. The van der Waals surface area contributed by atoms with Crippen LogP contribution >= 0.6 is 0 Å². The topological polar surface area (TPSA) is 94.1 Å². The van der Waals surface area contributed by atoms with Crippen LogP contribution < -0.4 is 0 Å². The van der Waals surface area contributed by atoms with Gasteiger partial charge in [-0.2, -0.15) is 0 Å². The minimum Gasteiger partial charge on any atom is -0.373 e. The molecule has 0 saturated carbocycles. The fourth-order valence-corrected chi connectivity index (χ4v) is 1.42. The zero-order chi connectivity index (χ0) is 12.3. The van der Waals surface area contributed by atoms with Crippen molar-refractivity contribution in [2.45, 2.75) is 12.6 Å². The molecule has 0 unspecified atom stereocenters.